The fourth-order valence-electron chi connectivity index (χ4n) is 1.83. The van der Waals surface area contributed by atoms with Crippen LogP contribution in [0.2, 0.25) is 0 Å². The van der Waals surface area contributed by atoms with Crippen LogP contribution in [0.5, 0.6) is 5.75 Å². The second-order valence-corrected chi connectivity index (χ2v) is 4.88. The first-order chi connectivity index (χ1) is 9.38. The first kappa shape index (κ1) is 13.9. The van der Waals surface area contributed by atoms with Gasteiger partial charge >= 0.3 is 5.97 Å². The van der Waals surface area contributed by atoms with Crippen LogP contribution >= 0.6 is 0 Å². The second kappa shape index (κ2) is 5.21. The van der Waals surface area contributed by atoms with Crippen LogP contribution in [0.25, 0.3) is 10.8 Å². The normalized spacial score (nSPS) is 10.8. The highest BCUT2D eigenvalue weighted by Gasteiger charge is 2.11. The molecule has 3 N–H and O–H groups in total. The standard InChI is InChI=1S/C15H15NO4/c1-8(2)14(18)16-11-4-3-9-5-10(15(19)20)6-13(17)12(9)7-11/h3-8,17H,1-2H3,(H,16,18)(H,19,20). The summed E-state index contributed by atoms with van der Waals surface area (Å²) in [5.74, 6) is -1.49. The molecule has 0 fully saturated rings. The van der Waals surface area contributed by atoms with Crippen molar-refractivity contribution >= 4 is 28.3 Å². The number of amides is 1. The van der Waals surface area contributed by atoms with Crippen LogP contribution in [0.4, 0.5) is 5.69 Å². The molecule has 20 heavy (non-hydrogen) atoms. The molecule has 0 heterocycles. The smallest absolute Gasteiger partial charge is 0.335 e. The molecule has 2 aromatic rings. The van der Waals surface area contributed by atoms with Crippen LogP contribution in [-0.4, -0.2) is 22.1 Å². The Morgan fingerprint density at radius 2 is 1.85 bits per heavy atom. The molecular formula is C15H15NO4. The van der Waals surface area contributed by atoms with Crippen molar-refractivity contribution in [1.82, 2.24) is 0 Å². The Hall–Kier alpha value is -2.56. The maximum Gasteiger partial charge on any atom is 0.335 e. The molecule has 2 rings (SSSR count). The molecule has 5 nitrogen and oxygen atoms in total. The van der Waals surface area contributed by atoms with Gasteiger partial charge in [-0.25, -0.2) is 4.79 Å². The van der Waals surface area contributed by atoms with E-state index in [2.05, 4.69) is 5.32 Å². The van der Waals surface area contributed by atoms with Crippen LogP contribution in [0.15, 0.2) is 30.3 Å². The molecule has 5 heteroatoms. The van der Waals surface area contributed by atoms with Crippen molar-refractivity contribution in [3.8, 4) is 5.75 Å². The number of fused-ring (bicyclic) bond motifs is 1. The Balaban J connectivity index is 2.45. The molecule has 0 unspecified atom stereocenters. The number of rotatable bonds is 3. The van der Waals surface area contributed by atoms with Gasteiger partial charge in [-0.15, -0.1) is 0 Å². The van der Waals surface area contributed by atoms with E-state index in [1.807, 2.05) is 0 Å². The number of aromatic hydroxyl groups is 1. The van der Waals surface area contributed by atoms with E-state index in [-0.39, 0.29) is 23.1 Å². The minimum atomic E-state index is -1.10. The zero-order valence-electron chi connectivity index (χ0n) is 11.2. The van der Waals surface area contributed by atoms with Gasteiger partial charge in [0.25, 0.3) is 0 Å². The average Bonchev–Trinajstić information content (AvgIpc) is 2.38. The number of carbonyl (C=O) groups excluding carboxylic acids is 1. The number of carboxylic acids is 1. The van der Waals surface area contributed by atoms with E-state index < -0.39 is 5.97 Å². The molecule has 0 aliphatic carbocycles. The molecule has 1 amide bonds. The van der Waals surface area contributed by atoms with Crippen LogP contribution in [0.1, 0.15) is 24.2 Å². The highest BCUT2D eigenvalue weighted by molar-refractivity contribution is 6.00. The number of hydrogen-bond donors (Lipinski definition) is 3. The van der Waals surface area contributed by atoms with Crippen molar-refractivity contribution in [3.63, 3.8) is 0 Å². The molecule has 0 bridgehead atoms. The summed E-state index contributed by atoms with van der Waals surface area (Å²) in [5.41, 5.74) is 0.587. The largest absolute Gasteiger partial charge is 0.507 e. The van der Waals surface area contributed by atoms with E-state index in [0.717, 1.165) is 0 Å². The van der Waals surface area contributed by atoms with Gasteiger partial charge in [0.15, 0.2) is 0 Å². The van der Waals surface area contributed by atoms with Crippen LogP contribution < -0.4 is 5.32 Å². The number of aromatic carboxylic acids is 1. The zero-order valence-corrected chi connectivity index (χ0v) is 11.2. The molecule has 0 aromatic heterocycles. The summed E-state index contributed by atoms with van der Waals surface area (Å²) < 4.78 is 0. The number of carboxylic acid groups (broad SMARTS) is 1. The second-order valence-electron chi connectivity index (χ2n) is 4.88. The fraction of sp³-hybridized carbons (Fsp3) is 0.200. The third-order valence-electron chi connectivity index (χ3n) is 2.97. The lowest BCUT2D eigenvalue weighted by atomic mass is 10.0. The molecule has 0 aliphatic heterocycles. The summed E-state index contributed by atoms with van der Waals surface area (Å²) in [6, 6.07) is 7.63. The summed E-state index contributed by atoms with van der Waals surface area (Å²) >= 11 is 0. The molecule has 0 radical (unpaired) electrons. The Morgan fingerprint density at radius 3 is 2.45 bits per heavy atom. The minimum Gasteiger partial charge on any atom is -0.507 e. The predicted octanol–water partition coefficient (Wildman–Crippen LogP) is 2.84. The number of hydrogen-bond acceptors (Lipinski definition) is 3. The third kappa shape index (κ3) is 2.71. The van der Waals surface area contributed by atoms with Crippen LogP contribution in [0.3, 0.4) is 0 Å². The van der Waals surface area contributed by atoms with Crippen molar-refractivity contribution in [2.75, 3.05) is 5.32 Å². The summed E-state index contributed by atoms with van der Waals surface area (Å²) in [5, 5.41) is 22.7. The minimum absolute atomic E-state index is 0.0222. The predicted molar refractivity (Wildman–Crippen MR) is 76.0 cm³/mol. The average molecular weight is 273 g/mol. The van der Waals surface area contributed by atoms with Crippen molar-refractivity contribution in [3.05, 3.63) is 35.9 Å². The first-order valence-corrected chi connectivity index (χ1v) is 6.19. The number of anilines is 1. The van der Waals surface area contributed by atoms with Crippen molar-refractivity contribution in [2.45, 2.75) is 13.8 Å². The highest BCUT2D eigenvalue weighted by Crippen LogP contribution is 2.29. The lowest BCUT2D eigenvalue weighted by molar-refractivity contribution is -0.118. The molecular weight excluding hydrogens is 258 g/mol. The maximum atomic E-state index is 11.6. The molecule has 104 valence electrons. The Kier molecular flexibility index (Phi) is 3.61. The summed E-state index contributed by atoms with van der Waals surface area (Å²) in [6.45, 7) is 3.57. The summed E-state index contributed by atoms with van der Waals surface area (Å²) in [6.07, 6.45) is 0. The Labute approximate surface area is 115 Å². The topological polar surface area (TPSA) is 86.6 Å². The van der Waals surface area contributed by atoms with E-state index in [4.69, 9.17) is 5.11 Å². The van der Waals surface area contributed by atoms with Gasteiger partial charge in [0.1, 0.15) is 5.75 Å². The third-order valence-corrected chi connectivity index (χ3v) is 2.97. The van der Waals surface area contributed by atoms with Crippen LogP contribution in [-0.2, 0) is 4.79 Å². The lowest BCUT2D eigenvalue weighted by Crippen LogP contribution is -2.17. The number of nitrogens with one attached hydrogen (secondary N) is 1. The van der Waals surface area contributed by atoms with E-state index in [9.17, 15) is 14.7 Å². The van der Waals surface area contributed by atoms with Crippen molar-refractivity contribution < 1.29 is 19.8 Å². The van der Waals surface area contributed by atoms with Crippen LogP contribution in [0, 0.1) is 5.92 Å². The monoisotopic (exact) mass is 273 g/mol. The SMILES string of the molecule is CC(C)C(=O)Nc1ccc2cc(C(=O)O)cc(O)c2c1. The van der Waals surface area contributed by atoms with Gasteiger partial charge in [-0.2, -0.15) is 0 Å². The summed E-state index contributed by atoms with van der Waals surface area (Å²) in [4.78, 5) is 22.5. The van der Waals surface area contributed by atoms with E-state index in [1.165, 1.54) is 12.1 Å². The van der Waals surface area contributed by atoms with E-state index in [0.29, 0.717) is 16.5 Å². The van der Waals surface area contributed by atoms with Gasteiger partial charge < -0.3 is 15.5 Å². The molecule has 0 saturated carbocycles. The van der Waals surface area contributed by atoms with Gasteiger partial charge in [-0.1, -0.05) is 19.9 Å². The quantitative estimate of drug-likeness (QED) is 0.802. The van der Waals surface area contributed by atoms with E-state index >= 15 is 0 Å². The highest BCUT2D eigenvalue weighted by atomic mass is 16.4. The maximum absolute atomic E-state index is 11.6. The van der Waals surface area contributed by atoms with Gasteiger partial charge in [0.05, 0.1) is 5.56 Å². The van der Waals surface area contributed by atoms with E-state index in [1.54, 1.807) is 32.0 Å². The summed E-state index contributed by atoms with van der Waals surface area (Å²) in [7, 11) is 0. The Morgan fingerprint density at radius 1 is 1.15 bits per heavy atom. The molecule has 0 atom stereocenters. The van der Waals surface area contributed by atoms with Crippen molar-refractivity contribution in [1.29, 1.82) is 0 Å². The molecule has 0 spiro atoms. The first-order valence-electron chi connectivity index (χ1n) is 6.19. The number of phenols is 1. The van der Waals surface area contributed by atoms with Crippen molar-refractivity contribution in [2.24, 2.45) is 5.92 Å². The lowest BCUT2D eigenvalue weighted by Gasteiger charge is -2.10. The van der Waals surface area contributed by atoms with Gasteiger partial charge in [0, 0.05) is 17.0 Å². The zero-order chi connectivity index (χ0) is 14.9. The fourth-order valence-corrected chi connectivity index (χ4v) is 1.83. The van der Waals surface area contributed by atoms with Gasteiger partial charge in [0.2, 0.25) is 5.91 Å². The molecule has 0 aliphatic rings. The number of benzene rings is 2. The van der Waals surface area contributed by atoms with Gasteiger partial charge in [-0.05, 0) is 29.7 Å². The molecule has 0 saturated heterocycles. The number of carbonyl (C=O) groups is 2. The number of phenolic OH excluding ortho intramolecular Hbond substituents is 1. The van der Waals surface area contributed by atoms with Gasteiger partial charge in [-0.3, -0.25) is 4.79 Å². The Bertz CT molecular complexity index is 692. The molecule has 2 aromatic carbocycles.